The molecule has 15 heavy (non-hydrogen) atoms. The number of nitrogens with zero attached hydrogens (tertiary/aromatic N) is 1. The van der Waals surface area contributed by atoms with Crippen molar-refractivity contribution in [1.29, 1.82) is 5.26 Å². The third-order valence-corrected chi connectivity index (χ3v) is 2.47. The van der Waals surface area contributed by atoms with E-state index in [9.17, 15) is 4.39 Å². The van der Waals surface area contributed by atoms with Crippen molar-refractivity contribution in [3.8, 4) is 6.07 Å². The van der Waals surface area contributed by atoms with Crippen molar-refractivity contribution in [2.75, 3.05) is 6.61 Å². The zero-order chi connectivity index (χ0) is 11.4. The fourth-order valence-electron chi connectivity index (χ4n) is 1.06. The number of aliphatic hydroxyl groups is 1. The molecule has 0 saturated carbocycles. The minimum atomic E-state index is -0.563. The third kappa shape index (κ3) is 2.56. The Hall–Kier alpha value is -1.37. The van der Waals surface area contributed by atoms with Crippen LogP contribution in [0.5, 0.6) is 0 Å². The van der Waals surface area contributed by atoms with Gasteiger partial charge in [-0.05, 0) is 30.7 Å². The molecule has 0 bridgehead atoms. The van der Waals surface area contributed by atoms with Gasteiger partial charge in [-0.1, -0.05) is 11.6 Å². The standard InChI is InChI=1S/C11H9ClFNO/c1-7(6-15)11(12)9-3-2-8(5-14)4-10(9)13/h2-4,15H,6H2,1H3/b11-7+. The topological polar surface area (TPSA) is 44.0 Å². The van der Waals surface area contributed by atoms with Crippen LogP contribution < -0.4 is 0 Å². The van der Waals surface area contributed by atoms with Gasteiger partial charge in [0.15, 0.2) is 0 Å². The van der Waals surface area contributed by atoms with Gasteiger partial charge in [0.05, 0.1) is 23.3 Å². The second-order valence-corrected chi connectivity index (χ2v) is 3.44. The highest BCUT2D eigenvalue weighted by Gasteiger charge is 2.09. The van der Waals surface area contributed by atoms with Crippen LogP contribution in [-0.2, 0) is 0 Å². The summed E-state index contributed by atoms with van der Waals surface area (Å²) < 4.78 is 13.4. The van der Waals surface area contributed by atoms with Crippen LogP contribution in [0.2, 0.25) is 0 Å². The van der Waals surface area contributed by atoms with Crippen molar-refractivity contribution in [2.24, 2.45) is 0 Å². The van der Waals surface area contributed by atoms with Crippen molar-refractivity contribution in [3.63, 3.8) is 0 Å². The van der Waals surface area contributed by atoms with Crippen LogP contribution >= 0.6 is 11.6 Å². The Morgan fingerprint density at radius 1 is 1.60 bits per heavy atom. The van der Waals surface area contributed by atoms with Gasteiger partial charge < -0.3 is 5.11 Å². The third-order valence-electron chi connectivity index (χ3n) is 1.95. The number of nitriles is 1. The minimum absolute atomic E-state index is 0.180. The smallest absolute Gasteiger partial charge is 0.133 e. The minimum Gasteiger partial charge on any atom is -0.392 e. The Bertz CT molecular complexity index is 448. The van der Waals surface area contributed by atoms with E-state index in [1.807, 2.05) is 6.07 Å². The molecule has 0 aliphatic heterocycles. The molecule has 0 amide bonds. The first-order chi connectivity index (χ1) is 7.10. The highest BCUT2D eigenvalue weighted by molar-refractivity contribution is 6.49. The average Bonchev–Trinajstić information content (AvgIpc) is 2.26. The second-order valence-electron chi connectivity index (χ2n) is 3.06. The average molecular weight is 226 g/mol. The second kappa shape index (κ2) is 4.92. The number of aliphatic hydroxyl groups excluding tert-OH is 1. The van der Waals surface area contributed by atoms with E-state index in [1.54, 1.807) is 6.92 Å². The molecule has 0 aromatic heterocycles. The summed E-state index contributed by atoms with van der Waals surface area (Å²) in [6, 6.07) is 5.85. The zero-order valence-corrected chi connectivity index (χ0v) is 8.85. The van der Waals surface area contributed by atoms with E-state index in [0.717, 1.165) is 6.07 Å². The highest BCUT2D eigenvalue weighted by atomic mass is 35.5. The molecule has 0 spiro atoms. The van der Waals surface area contributed by atoms with E-state index in [2.05, 4.69) is 0 Å². The Morgan fingerprint density at radius 2 is 2.27 bits per heavy atom. The predicted molar refractivity (Wildman–Crippen MR) is 56.6 cm³/mol. The zero-order valence-electron chi connectivity index (χ0n) is 8.09. The molecule has 1 aromatic carbocycles. The lowest BCUT2D eigenvalue weighted by atomic mass is 10.1. The van der Waals surface area contributed by atoms with Gasteiger partial charge in [0, 0.05) is 5.56 Å². The molecule has 2 nitrogen and oxygen atoms in total. The van der Waals surface area contributed by atoms with E-state index in [0.29, 0.717) is 5.57 Å². The molecule has 1 N–H and O–H groups in total. The summed E-state index contributed by atoms with van der Waals surface area (Å²) in [7, 11) is 0. The van der Waals surface area contributed by atoms with E-state index in [4.69, 9.17) is 22.0 Å². The molecule has 1 rings (SSSR count). The van der Waals surface area contributed by atoms with E-state index < -0.39 is 5.82 Å². The van der Waals surface area contributed by atoms with Crippen LogP contribution in [-0.4, -0.2) is 11.7 Å². The van der Waals surface area contributed by atoms with Crippen molar-refractivity contribution in [3.05, 3.63) is 40.7 Å². The van der Waals surface area contributed by atoms with Crippen molar-refractivity contribution in [1.82, 2.24) is 0 Å². The first-order valence-electron chi connectivity index (χ1n) is 4.26. The van der Waals surface area contributed by atoms with E-state index in [-0.39, 0.29) is 22.8 Å². The molecule has 0 atom stereocenters. The van der Waals surface area contributed by atoms with Crippen molar-refractivity contribution < 1.29 is 9.50 Å². The quantitative estimate of drug-likeness (QED) is 0.841. The molecule has 0 radical (unpaired) electrons. The summed E-state index contributed by atoms with van der Waals surface area (Å²) in [6.07, 6.45) is 0. The molecule has 0 unspecified atom stereocenters. The lowest BCUT2D eigenvalue weighted by molar-refractivity contribution is 0.332. The number of rotatable bonds is 2. The monoisotopic (exact) mass is 225 g/mol. The largest absolute Gasteiger partial charge is 0.392 e. The van der Waals surface area contributed by atoms with Gasteiger partial charge in [0.1, 0.15) is 5.82 Å². The lowest BCUT2D eigenvalue weighted by Gasteiger charge is -2.05. The Labute approximate surface area is 92.2 Å². The number of halogens is 2. The maximum Gasteiger partial charge on any atom is 0.133 e. The highest BCUT2D eigenvalue weighted by Crippen LogP contribution is 2.25. The maximum absolute atomic E-state index is 13.4. The van der Waals surface area contributed by atoms with E-state index in [1.165, 1.54) is 12.1 Å². The fraction of sp³-hybridized carbons (Fsp3) is 0.182. The molecule has 0 saturated heterocycles. The van der Waals surface area contributed by atoms with Crippen LogP contribution in [0.4, 0.5) is 4.39 Å². The first-order valence-corrected chi connectivity index (χ1v) is 4.64. The molecule has 0 fully saturated rings. The fourth-order valence-corrected chi connectivity index (χ4v) is 1.27. The van der Waals surface area contributed by atoms with Gasteiger partial charge in [0.2, 0.25) is 0 Å². The van der Waals surface area contributed by atoms with Gasteiger partial charge >= 0.3 is 0 Å². The molecule has 0 aliphatic carbocycles. The lowest BCUT2D eigenvalue weighted by Crippen LogP contribution is -1.92. The Balaban J connectivity index is 3.24. The van der Waals surface area contributed by atoms with Crippen LogP contribution in [0.1, 0.15) is 18.1 Å². The number of hydrogen-bond donors (Lipinski definition) is 1. The predicted octanol–water partition coefficient (Wildman–Crippen LogP) is 2.66. The summed E-state index contributed by atoms with van der Waals surface area (Å²) in [6.45, 7) is 1.39. The number of benzene rings is 1. The molecular weight excluding hydrogens is 217 g/mol. The maximum atomic E-state index is 13.4. The van der Waals surface area contributed by atoms with Gasteiger partial charge in [-0.2, -0.15) is 5.26 Å². The van der Waals surface area contributed by atoms with Crippen LogP contribution in [0.25, 0.3) is 5.03 Å². The summed E-state index contributed by atoms with van der Waals surface area (Å²) in [4.78, 5) is 0. The summed E-state index contributed by atoms with van der Waals surface area (Å²) in [5, 5.41) is 17.6. The molecule has 1 aromatic rings. The van der Waals surface area contributed by atoms with Crippen LogP contribution in [0.3, 0.4) is 0 Å². The molecule has 4 heteroatoms. The first kappa shape index (κ1) is 11.7. The van der Waals surface area contributed by atoms with Crippen molar-refractivity contribution >= 4 is 16.6 Å². The van der Waals surface area contributed by atoms with Crippen LogP contribution in [0.15, 0.2) is 23.8 Å². The summed E-state index contributed by atoms with van der Waals surface area (Å²) in [5.41, 5.74) is 0.921. The normalized spacial score (nSPS) is 11.9. The van der Waals surface area contributed by atoms with Crippen molar-refractivity contribution in [2.45, 2.75) is 6.92 Å². The van der Waals surface area contributed by atoms with Gasteiger partial charge in [-0.3, -0.25) is 0 Å². The van der Waals surface area contributed by atoms with Crippen LogP contribution in [0, 0.1) is 17.1 Å². The van der Waals surface area contributed by atoms with Gasteiger partial charge in [-0.25, -0.2) is 4.39 Å². The van der Waals surface area contributed by atoms with Gasteiger partial charge in [-0.15, -0.1) is 0 Å². The Morgan fingerprint density at radius 3 is 2.73 bits per heavy atom. The molecule has 0 heterocycles. The SMILES string of the molecule is C/C(CO)=C(\Cl)c1ccc(C#N)cc1F. The summed E-state index contributed by atoms with van der Waals surface area (Å²) >= 11 is 5.85. The molecule has 0 aliphatic rings. The molecule has 78 valence electrons. The Kier molecular flexibility index (Phi) is 3.84. The van der Waals surface area contributed by atoms with E-state index >= 15 is 0 Å². The van der Waals surface area contributed by atoms with Gasteiger partial charge in [0.25, 0.3) is 0 Å². The molecular formula is C11H9ClFNO. The number of hydrogen-bond acceptors (Lipinski definition) is 2. The summed E-state index contributed by atoms with van der Waals surface area (Å²) in [5.74, 6) is -0.563.